The molecule has 0 aromatic heterocycles. The van der Waals surface area contributed by atoms with E-state index in [0.717, 1.165) is 0 Å². The first-order chi connectivity index (χ1) is 10.7. The summed E-state index contributed by atoms with van der Waals surface area (Å²) < 4.78 is 6.04. The number of ether oxygens (including phenoxy) is 1. The number of piperazine rings is 1. The van der Waals surface area contributed by atoms with Gasteiger partial charge in [-0.2, -0.15) is 0 Å². The second-order valence-electron chi connectivity index (χ2n) is 6.42. The van der Waals surface area contributed by atoms with Crippen molar-refractivity contribution >= 4 is 27.9 Å². The van der Waals surface area contributed by atoms with Crippen molar-refractivity contribution in [2.24, 2.45) is 0 Å². The zero-order valence-corrected chi connectivity index (χ0v) is 15.1. The average Bonchev–Trinajstić information content (AvgIpc) is 2.45. The summed E-state index contributed by atoms with van der Waals surface area (Å²) in [5.41, 5.74) is -0.272. The van der Waals surface area contributed by atoms with Crippen LogP contribution in [0.3, 0.4) is 0 Å². The molecule has 1 fully saturated rings. The minimum absolute atomic E-state index is 0.0565. The Morgan fingerprint density at radius 2 is 1.70 bits per heavy atom. The van der Waals surface area contributed by atoms with E-state index < -0.39 is 5.60 Å². The number of amides is 2. The Morgan fingerprint density at radius 3 is 2.22 bits per heavy atom. The van der Waals surface area contributed by atoms with Gasteiger partial charge in [0.05, 0.1) is 5.56 Å². The molecule has 126 valence electrons. The molecule has 0 unspecified atom stereocenters. The maximum atomic E-state index is 12.5. The number of phenolic OH excluding ortho intramolecular Hbond substituents is 1. The monoisotopic (exact) mass is 384 g/mol. The molecule has 0 atom stereocenters. The molecule has 23 heavy (non-hydrogen) atoms. The maximum Gasteiger partial charge on any atom is 0.410 e. The molecule has 2 rings (SSSR count). The summed E-state index contributed by atoms with van der Waals surface area (Å²) in [4.78, 5) is 27.7. The molecule has 1 aromatic carbocycles. The summed E-state index contributed by atoms with van der Waals surface area (Å²) in [5, 5.41) is 9.90. The van der Waals surface area contributed by atoms with Gasteiger partial charge in [0.25, 0.3) is 5.91 Å². The van der Waals surface area contributed by atoms with Crippen molar-refractivity contribution in [2.75, 3.05) is 26.2 Å². The van der Waals surface area contributed by atoms with Crippen LogP contribution in [0.5, 0.6) is 5.75 Å². The average molecular weight is 385 g/mol. The van der Waals surface area contributed by atoms with Crippen LogP contribution < -0.4 is 0 Å². The van der Waals surface area contributed by atoms with Gasteiger partial charge >= 0.3 is 6.09 Å². The largest absolute Gasteiger partial charge is 0.507 e. The van der Waals surface area contributed by atoms with Crippen LogP contribution in [-0.2, 0) is 4.74 Å². The summed E-state index contributed by atoms with van der Waals surface area (Å²) in [6.07, 6.45) is -0.365. The Hall–Kier alpha value is -1.76. The van der Waals surface area contributed by atoms with Crippen molar-refractivity contribution in [1.29, 1.82) is 0 Å². The lowest BCUT2D eigenvalue weighted by molar-refractivity contribution is 0.0140. The van der Waals surface area contributed by atoms with E-state index in [4.69, 9.17) is 4.74 Å². The van der Waals surface area contributed by atoms with Gasteiger partial charge in [-0.05, 0) is 39.0 Å². The molecule has 1 N–H and O–H groups in total. The smallest absolute Gasteiger partial charge is 0.410 e. The highest BCUT2D eigenvalue weighted by atomic mass is 79.9. The fourth-order valence-electron chi connectivity index (χ4n) is 2.27. The highest BCUT2D eigenvalue weighted by Crippen LogP contribution is 2.24. The first-order valence-corrected chi connectivity index (χ1v) is 8.22. The summed E-state index contributed by atoms with van der Waals surface area (Å²) in [5.74, 6) is -0.294. The summed E-state index contributed by atoms with van der Waals surface area (Å²) >= 11 is 3.25. The third-order valence-corrected chi connectivity index (χ3v) is 3.90. The Kier molecular flexibility index (Phi) is 5.19. The SMILES string of the molecule is CC(C)(C)OC(=O)N1CCN(C(=O)c2ccc(Br)cc2O)CC1. The molecule has 1 heterocycles. The van der Waals surface area contributed by atoms with E-state index in [9.17, 15) is 14.7 Å². The van der Waals surface area contributed by atoms with Gasteiger partial charge in [-0.3, -0.25) is 4.79 Å². The van der Waals surface area contributed by atoms with E-state index in [1.54, 1.807) is 21.9 Å². The Balaban J connectivity index is 1.96. The second kappa shape index (κ2) is 6.78. The fraction of sp³-hybridized carbons (Fsp3) is 0.500. The van der Waals surface area contributed by atoms with E-state index in [0.29, 0.717) is 30.7 Å². The van der Waals surface area contributed by atoms with Crippen LogP contribution in [0, 0.1) is 0 Å². The maximum absolute atomic E-state index is 12.5. The number of benzene rings is 1. The van der Waals surface area contributed by atoms with Crippen molar-refractivity contribution in [1.82, 2.24) is 9.80 Å². The van der Waals surface area contributed by atoms with Crippen LogP contribution in [-0.4, -0.2) is 58.7 Å². The molecular weight excluding hydrogens is 364 g/mol. The number of carbonyl (C=O) groups is 2. The third-order valence-electron chi connectivity index (χ3n) is 3.41. The number of rotatable bonds is 1. The molecule has 1 aliphatic rings. The highest BCUT2D eigenvalue weighted by Gasteiger charge is 2.28. The van der Waals surface area contributed by atoms with Gasteiger partial charge < -0.3 is 19.6 Å². The van der Waals surface area contributed by atoms with Crippen LogP contribution in [0.1, 0.15) is 31.1 Å². The van der Waals surface area contributed by atoms with E-state index in [-0.39, 0.29) is 23.3 Å². The normalized spacial score (nSPS) is 15.5. The van der Waals surface area contributed by atoms with Crippen LogP contribution in [0.4, 0.5) is 4.79 Å². The Bertz CT molecular complexity index is 605. The number of halogens is 1. The number of nitrogens with zero attached hydrogens (tertiary/aromatic N) is 2. The molecule has 2 amide bonds. The van der Waals surface area contributed by atoms with Crippen molar-refractivity contribution in [3.8, 4) is 5.75 Å². The zero-order chi connectivity index (χ0) is 17.2. The van der Waals surface area contributed by atoms with Gasteiger partial charge in [0.15, 0.2) is 0 Å². The van der Waals surface area contributed by atoms with E-state index in [2.05, 4.69) is 15.9 Å². The standard InChI is InChI=1S/C16H21BrN2O4/c1-16(2,3)23-15(22)19-8-6-18(7-9-19)14(21)12-5-4-11(17)10-13(12)20/h4-5,10,20H,6-9H2,1-3H3. The lowest BCUT2D eigenvalue weighted by Gasteiger charge is -2.35. The first kappa shape index (κ1) is 17.6. The van der Waals surface area contributed by atoms with Gasteiger partial charge in [-0.25, -0.2) is 4.79 Å². The van der Waals surface area contributed by atoms with Gasteiger partial charge in [-0.1, -0.05) is 15.9 Å². The molecule has 0 aliphatic carbocycles. The predicted octanol–water partition coefficient (Wildman–Crippen LogP) is 2.85. The summed E-state index contributed by atoms with van der Waals surface area (Å²) in [7, 11) is 0. The van der Waals surface area contributed by atoms with Crippen molar-refractivity contribution in [3.63, 3.8) is 0 Å². The summed E-state index contributed by atoms with van der Waals surface area (Å²) in [6, 6.07) is 4.79. The molecular formula is C16H21BrN2O4. The second-order valence-corrected chi connectivity index (χ2v) is 7.34. The van der Waals surface area contributed by atoms with Gasteiger partial charge in [0.2, 0.25) is 0 Å². The number of aromatic hydroxyl groups is 1. The van der Waals surface area contributed by atoms with Crippen LogP contribution >= 0.6 is 15.9 Å². The Labute approximate surface area is 144 Å². The molecule has 1 aromatic rings. The Morgan fingerprint density at radius 1 is 1.13 bits per heavy atom. The number of hydrogen-bond donors (Lipinski definition) is 1. The molecule has 1 saturated heterocycles. The molecule has 0 spiro atoms. The summed E-state index contributed by atoms with van der Waals surface area (Å²) in [6.45, 7) is 7.11. The van der Waals surface area contributed by atoms with Crippen LogP contribution in [0.2, 0.25) is 0 Å². The first-order valence-electron chi connectivity index (χ1n) is 7.43. The minimum atomic E-state index is -0.534. The van der Waals surface area contributed by atoms with Crippen molar-refractivity contribution in [3.05, 3.63) is 28.2 Å². The third kappa shape index (κ3) is 4.60. The fourth-order valence-corrected chi connectivity index (χ4v) is 2.62. The zero-order valence-electron chi connectivity index (χ0n) is 13.5. The lowest BCUT2D eigenvalue weighted by Crippen LogP contribution is -2.51. The minimum Gasteiger partial charge on any atom is -0.507 e. The topological polar surface area (TPSA) is 70.1 Å². The predicted molar refractivity (Wildman–Crippen MR) is 89.5 cm³/mol. The lowest BCUT2D eigenvalue weighted by atomic mass is 10.1. The van der Waals surface area contributed by atoms with Crippen molar-refractivity contribution < 1.29 is 19.4 Å². The van der Waals surface area contributed by atoms with Gasteiger partial charge in [-0.15, -0.1) is 0 Å². The van der Waals surface area contributed by atoms with Crippen molar-refractivity contribution in [2.45, 2.75) is 26.4 Å². The number of carbonyl (C=O) groups excluding carboxylic acids is 2. The van der Waals surface area contributed by atoms with Gasteiger partial charge in [0.1, 0.15) is 11.4 Å². The molecule has 0 radical (unpaired) electrons. The molecule has 0 bridgehead atoms. The molecule has 1 aliphatic heterocycles. The number of phenols is 1. The van der Waals surface area contributed by atoms with E-state index in [1.165, 1.54) is 6.07 Å². The highest BCUT2D eigenvalue weighted by molar-refractivity contribution is 9.10. The molecule has 7 heteroatoms. The van der Waals surface area contributed by atoms with E-state index >= 15 is 0 Å². The molecule has 0 saturated carbocycles. The number of hydrogen-bond acceptors (Lipinski definition) is 4. The van der Waals surface area contributed by atoms with Gasteiger partial charge in [0, 0.05) is 30.7 Å². The quantitative estimate of drug-likeness (QED) is 0.807. The molecule has 6 nitrogen and oxygen atoms in total. The van der Waals surface area contributed by atoms with Crippen LogP contribution in [0.15, 0.2) is 22.7 Å². The van der Waals surface area contributed by atoms with Crippen LogP contribution in [0.25, 0.3) is 0 Å². The van der Waals surface area contributed by atoms with E-state index in [1.807, 2.05) is 20.8 Å².